The van der Waals surface area contributed by atoms with E-state index in [1.54, 1.807) is 31.1 Å². The third kappa shape index (κ3) is 24.4. The molecule has 0 amide bonds. The standard InChI is InChI=1S/C22H27N5O2S.C21H25N5O3S.C21H25N5O2S.C21H27N5O2S.C19H23N5O2S/c1-16-15-29-11-10-27(16)21-14-20(26-30(28)12-3-2-4-13-30)24-22(25-21)18-8-9-23-19-7-5-6-17(18)19;1-15-14-29-8-7-26(15)20-13-19(25-30(27)11-9-28-10-12-30)23-21(24-20)17-5-6-22-18-4-2-3-16(17)18;1-15-14-28-10-9-26(15)20-13-19(25-29(27)11-2-3-12-29)23-21(24-20)17-7-8-22-18-6-4-5-16(17)18;1-4-29(27,5-2)25-19-13-20(26-11-12-28-14-15(26)3)24-21(23-19)17-9-10-22-18-8-6-7-16(17)18;1-13-12-26-10-9-24(13)18-11-17(23-27(2,3)25)21-19(22-18)15-7-8-20-16-6-4-5-14(15)16/h5-6,8-9,14,16H,2-4,7,10-13,15H2,1H3;2-3,5-6,13,15H,4,7-12,14H2,1H3;4-5,7-8,13,15H,2-3,6,9-12,14H2,1H3;6-7,9-10,13,15H,4-5,8,11-12,14H2,1-3H3;4-5,7-8,11,13H,6,9-10,12H2,1-3H3/t16-;3*15-;13-/m11111/s1. The molecule has 0 bridgehead atoms. The van der Waals surface area contributed by atoms with Gasteiger partial charge in [0.15, 0.2) is 58.2 Å². The molecule has 10 aromatic heterocycles. The lowest BCUT2D eigenvalue weighted by atomic mass is 10.1. The molecule has 0 N–H and O–H groups in total. The average molecular weight is 2060 g/mol. The second kappa shape index (κ2) is 45.4. The molecule has 18 heterocycles. The summed E-state index contributed by atoms with van der Waals surface area (Å²) in [7, 11) is -11.5. The predicted octanol–water partition coefficient (Wildman–Crippen LogP) is 15.5. The Bertz CT molecular complexity index is 7010. The van der Waals surface area contributed by atoms with Crippen LogP contribution in [-0.2, 0) is 109 Å². The number of anilines is 5. The van der Waals surface area contributed by atoms with Crippen molar-refractivity contribution in [3.05, 3.63) is 178 Å². The molecule has 5 aliphatic carbocycles. The second-order valence-electron chi connectivity index (χ2n) is 38.2. The number of allylic oxidation sites excluding steroid dienone is 5. The Morgan fingerprint density at radius 1 is 0.317 bits per heavy atom. The molecular weight excluding hydrogens is 1940 g/mol. The van der Waals surface area contributed by atoms with Crippen LogP contribution in [0.1, 0.15) is 137 Å². The molecule has 8 fully saturated rings. The number of nitrogens with zero attached hydrogens (tertiary/aromatic N) is 25. The van der Waals surface area contributed by atoms with Crippen LogP contribution in [0, 0.1) is 0 Å². The molecule has 5 atom stereocenters. The Hall–Kier alpha value is -11.6. The maximum absolute atomic E-state index is 13.3. The summed E-state index contributed by atoms with van der Waals surface area (Å²) < 4.78 is 121. The number of morpholine rings is 5. The quantitative estimate of drug-likeness (QED) is 0.0817. The molecule has 0 spiro atoms. The summed E-state index contributed by atoms with van der Waals surface area (Å²) in [5.41, 5.74) is 15.1. The van der Waals surface area contributed by atoms with E-state index in [2.05, 4.69) is 167 Å². The maximum atomic E-state index is 13.3. The first-order valence-corrected chi connectivity index (χ1v) is 60.1. The summed E-state index contributed by atoms with van der Waals surface area (Å²) in [6, 6.07) is 20.0. The Balaban J connectivity index is 0.000000115. The highest BCUT2D eigenvalue weighted by Gasteiger charge is 2.33. The maximum Gasteiger partial charge on any atom is 0.167 e. The lowest BCUT2D eigenvalue weighted by Gasteiger charge is -2.34. The van der Waals surface area contributed by atoms with E-state index in [0.29, 0.717) is 184 Å². The fourth-order valence-electron chi connectivity index (χ4n) is 19.6. The van der Waals surface area contributed by atoms with Crippen LogP contribution < -0.4 is 24.5 Å². The van der Waals surface area contributed by atoms with E-state index >= 15 is 0 Å². The Morgan fingerprint density at radius 2 is 0.559 bits per heavy atom. The number of aromatic nitrogens is 15. The van der Waals surface area contributed by atoms with Gasteiger partial charge < -0.3 is 52.9 Å². The molecule has 764 valence electrons. The second-order valence-corrected chi connectivity index (χ2v) is 51.2. The van der Waals surface area contributed by atoms with E-state index < -0.39 is 48.6 Å². The van der Waals surface area contributed by atoms with Gasteiger partial charge in [-0.25, -0.2) is 70.9 Å². The van der Waals surface area contributed by atoms with Crippen LogP contribution in [0.4, 0.5) is 58.2 Å². The van der Waals surface area contributed by atoms with E-state index in [0.717, 1.165) is 210 Å². The van der Waals surface area contributed by atoms with Crippen LogP contribution in [0.5, 0.6) is 0 Å². The van der Waals surface area contributed by atoms with Crippen molar-refractivity contribution in [3.8, 4) is 56.9 Å². The molecule has 8 aliphatic heterocycles. The van der Waals surface area contributed by atoms with Crippen molar-refractivity contribution < 1.29 is 49.5 Å². The van der Waals surface area contributed by atoms with E-state index in [1.165, 1.54) is 0 Å². The number of pyridine rings is 5. The van der Waals surface area contributed by atoms with Crippen LogP contribution >= 0.6 is 0 Å². The van der Waals surface area contributed by atoms with Gasteiger partial charge in [-0.3, -0.25) is 24.9 Å². The van der Waals surface area contributed by atoms with E-state index in [9.17, 15) is 21.0 Å². The summed E-state index contributed by atoms with van der Waals surface area (Å²) in [4.78, 5) is 81.4. The summed E-state index contributed by atoms with van der Waals surface area (Å²) in [5, 5.41) is 0. The SMILES string of the molecule is CCS(=O)(CC)=Nc1cc(N2CCOC[C@H]2C)nc(-c2ccnc3c2C=CC3)n1.C[C@@H]1COCCN1c1cc(N=S(C)(C)=O)nc(-c2ccnc3c2C=CC3)n1.C[C@@H]1COCCN1c1cc(N=S2(=O)CCCC2)nc(-c2ccnc3c2C=CC3)n1.C[C@@H]1COCCN1c1cc(N=S2(=O)CCCCC2)nc(-c2ccnc3c2C=CC3)n1.C[C@@H]1COCCN1c1cc(N=S2(=O)CCOCC2)nc(-c2ccnc3c2C=CC3)n1. The highest BCUT2D eigenvalue weighted by atomic mass is 32.2. The normalized spacial score (nSPS) is 21.2. The molecule has 23 rings (SSSR count). The molecule has 41 heteroatoms. The molecular formula is C104H127N25O11S5. The van der Waals surface area contributed by atoms with Crippen molar-refractivity contribution in [2.24, 2.45) is 21.8 Å². The van der Waals surface area contributed by atoms with Gasteiger partial charge in [0, 0.05) is 239 Å². The van der Waals surface area contributed by atoms with Gasteiger partial charge in [-0.05, 0) is 90.6 Å². The van der Waals surface area contributed by atoms with Crippen LogP contribution in [0.25, 0.3) is 87.3 Å². The molecule has 0 radical (unpaired) electrons. The van der Waals surface area contributed by atoms with Crippen molar-refractivity contribution in [2.45, 2.75) is 143 Å². The van der Waals surface area contributed by atoms with E-state index in [-0.39, 0.29) is 30.2 Å². The van der Waals surface area contributed by atoms with Crippen molar-refractivity contribution in [1.29, 1.82) is 0 Å². The smallest absolute Gasteiger partial charge is 0.167 e. The van der Waals surface area contributed by atoms with Crippen LogP contribution in [0.3, 0.4) is 0 Å². The van der Waals surface area contributed by atoms with Crippen LogP contribution in [0.15, 0.2) is 144 Å². The molecule has 10 aromatic rings. The van der Waals surface area contributed by atoms with Gasteiger partial charge in [0.05, 0.1) is 188 Å². The van der Waals surface area contributed by atoms with Crippen LogP contribution in [0.2, 0.25) is 0 Å². The third-order valence-electron chi connectivity index (χ3n) is 27.3. The average Bonchev–Trinajstić information content (AvgIpc) is 1.78. The first-order chi connectivity index (χ1) is 70.3. The first-order valence-electron chi connectivity index (χ1n) is 50.3. The number of hydrogen-bond donors (Lipinski definition) is 0. The van der Waals surface area contributed by atoms with Gasteiger partial charge in [0.1, 0.15) is 29.1 Å². The Kier molecular flexibility index (Phi) is 31.9. The largest absolute Gasteiger partial charge is 0.379 e. The zero-order valence-corrected chi connectivity index (χ0v) is 87.9. The van der Waals surface area contributed by atoms with Gasteiger partial charge in [-0.1, -0.05) is 81.0 Å². The number of ether oxygens (including phenoxy) is 6. The Labute approximate surface area is 850 Å². The van der Waals surface area contributed by atoms with Gasteiger partial charge in [0.25, 0.3) is 0 Å². The monoisotopic (exact) mass is 2060 g/mol. The van der Waals surface area contributed by atoms with E-state index in [4.69, 9.17) is 77.6 Å². The van der Waals surface area contributed by atoms with Crippen molar-refractivity contribution in [1.82, 2.24) is 74.8 Å². The molecule has 8 saturated heterocycles. The van der Waals surface area contributed by atoms with Gasteiger partial charge in [-0.15, -0.1) is 0 Å². The van der Waals surface area contributed by atoms with Crippen molar-refractivity contribution in [3.63, 3.8) is 0 Å². The number of hydrogen-bond acceptors (Lipinski definition) is 36. The minimum Gasteiger partial charge on any atom is -0.379 e. The van der Waals surface area contributed by atoms with Crippen molar-refractivity contribution >= 4 is 137 Å². The fraction of sp³-hybridized carbons (Fsp3) is 0.471. The topological polar surface area (TPSA) is 412 Å². The zero-order chi connectivity index (χ0) is 100. The Morgan fingerprint density at radius 3 is 0.814 bits per heavy atom. The molecule has 36 nitrogen and oxygen atoms in total. The minimum absolute atomic E-state index is 0.189. The fourth-order valence-corrected chi connectivity index (χ4v) is 27.0. The lowest BCUT2D eigenvalue weighted by Crippen LogP contribution is -2.44. The predicted molar refractivity (Wildman–Crippen MR) is 575 cm³/mol. The molecule has 13 aliphatic rings. The zero-order valence-electron chi connectivity index (χ0n) is 83.8. The molecule has 145 heavy (non-hydrogen) atoms. The number of rotatable bonds is 17. The van der Waals surface area contributed by atoms with Gasteiger partial charge in [-0.2, -0.15) is 21.8 Å². The highest BCUT2D eigenvalue weighted by Crippen LogP contribution is 2.41. The summed E-state index contributed by atoms with van der Waals surface area (Å²) >= 11 is 0. The summed E-state index contributed by atoms with van der Waals surface area (Å²) in [6.07, 6.45) is 42.2. The third-order valence-corrected chi connectivity index (χ3v) is 37.1. The molecule has 0 saturated carbocycles. The van der Waals surface area contributed by atoms with Gasteiger partial charge in [0.2, 0.25) is 0 Å². The molecule has 0 unspecified atom stereocenters. The van der Waals surface area contributed by atoms with Crippen LogP contribution in [-0.4, -0.2) is 297 Å². The van der Waals surface area contributed by atoms with E-state index in [1.807, 2.05) is 86.9 Å². The number of fused-ring (bicyclic) bond motifs is 5. The first kappa shape index (κ1) is 102. The minimum atomic E-state index is -2.37. The summed E-state index contributed by atoms with van der Waals surface area (Å²) in [6.45, 7) is 25.7. The van der Waals surface area contributed by atoms with Gasteiger partial charge >= 0.3 is 0 Å². The summed E-state index contributed by atoms with van der Waals surface area (Å²) in [5.74, 6) is 13.9. The molecule has 0 aromatic carbocycles. The van der Waals surface area contributed by atoms with Crippen molar-refractivity contribution in [2.75, 3.05) is 195 Å². The highest BCUT2D eigenvalue weighted by molar-refractivity contribution is 7.94. The lowest BCUT2D eigenvalue weighted by molar-refractivity contribution is 0.0985.